The molecular formula is C13H14N2O6. The number of carbonyl (C=O) groups excluding carboxylic acids is 2. The topological polar surface area (TPSA) is 133 Å². The summed E-state index contributed by atoms with van der Waals surface area (Å²) < 4.78 is 0. The Bertz CT molecular complexity index is 584. The Morgan fingerprint density at radius 2 is 1.86 bits per heavy atom. The molecule has 0 bridgehead atoms. The van der Waals surface area contributed by atoms with E-state index >= 15 is 0 Å². The van der Waals surface area contributed by atoms with Crippen molar-refractivity contribution in [1.29, 1.82) is 0 Å². The van der Waals surface area contributed by atoms with Gasteiger partial charge in [0.05, 0.1) is 6.42 Å². The van der Waals surface area contributed by atoms with Crippen molar-refractivity contribution in [3.63, 3.8) is 0 Å². The van der Waals surface area contributed by atoms with Crippen molar-refractivity contribution in [2.75, 3.05) is 5.32 Å². The van der Waals surface area contributed by atoms with Crippen LogP contribution in [0, 0.1) is 0 Å². The third kappa shape index (κ3) is 5.31. The number of benzene rings is 1. The van der Waals surface area contributed by atoms with E-state index in [-0.39, 0.29) is 11.5 Å². The first-order valence-corrected chi connectivity index (χ1v) is 5.92. The molecule has 0 fully saturated rings. The first-order valence-electron chi connectivity index (χ1n) is 5.92. The number of aliphatic carboxylic acids is 2. The van der Waals surface area contributed by atoms with Crippen LogP contribution in [0.3, 0.4) is 0 Å². The van der Waals surface area contributed by atoms with Crippen LogP contribution < -0.4 is 10.6 Å². The van der Waals surface area contributed by atoms with Gasteiger partial charge in [0.15, 0.2) is 0 Å². The number of carbonyl (C=O) groups is 4. The summed E-state index contributed by atoms with van der Waals surface area (Å²) in [6.07, 6.45) is -0.730. The zero-order chi connectivity index (χ0) is 16.0. The minimum Gasteiger partial charge on any atom is -0.481 e. The van der Waals surface area contributed by atoms with E-state index in [1.807, 2.05) is 0 Å². The van der Waals surface area contributed by atoms with Gasteiger partial charge in [0, 0.05) is 18.2 Å². The van der Waals surface area contributed by atoms with Crippen molar-refractivity contribution in [2.45, 2.75) is 19.4 Å². The summed E-state index contributed by atoms with van der Waals surface area (Å²) in [5, 5.41) is 22.0. The number of rotatable bonds is 6. The van der Waals surface area contributed by atoms with Crippen LogP contribution >= 0.6 is 0 Å². The van der Waals surface area contributed by atoms with Gasteiger partial charge in [-0.2, -0.15) is 0 Å². The van der Waals surface area contributed by atoms with Crippen molar-refractivity contribution >= 4 is 29.4 Å². The molecule has 0 unspecified atom stereocenters. The van der Waals surface area contributed by atoms with E-state index in [4.69, 9.17) is 10.2 Å². The summed E-state index contributed by atoms with van der Waals surface area (Å²) in [5.41, 5.74) is 0.484. The highest BCUT2D eigenvalue weighted by atomic mass is 16.4. The van der Waals surface area contributed by atoms with Gasteiger partial charge in [-0.25, -0.2) is 4.79 Å². The highest BCUT2D eigenvalue weighted by Gasteiger charge is 2.23. The van der Waals surface area contributed by atoms with Gasteiger partial charge in [-0.1, -0.05) is 6.07 Å². The summed E-state index contributed by atoms with van der Waals surface area (Å²) in [7, 11) is 0. The summed E-state index contributed by atoms with van der Waals surface area (Å²) >= 11 is 0. The Balaban J connectivity index is 2.84. The van der Waals surface area contributed by atoms with Crippen LogP contribution in [0.4, 0.5) is 5.69 Å². The summed E-state index contributed by atoms with van der Waals surface area (Å²) in [6.45, 7) is 1.31. The lowest BCUT2D eigenvalue weighted by Crippen LogP contribution is -2.42. The first-order chi connectivity index (χ1) is 9.79. The van der Waals surface area contributed by atoms with E-state index in [0.29, 0.717) is 5.69 Å². The van der Waals surface area contributed by atoms with Crippen LogP contribution in [0.25, 0.3) is 0 Å². The van der Waals surface area contributed by atoms with Crippen molar-refractivity contribution in [3.8, 4) is 0 Å². The second kappa shape index (κ2) is 7.04. The van der Waals surface area contributed by atoms with Gasteiger partial charge in [0.2, 0.25) is 5.91 Å². The monoisotopic (exact) mass is 294 g/mol. The lowest BCUT2D eigenvalue weighted by molar-refractivity contribution is -0.145. The number of carboxylic acid groups (broad SMARTS) is 2. The number of nitrogens with one attached hydrogen (secondary N) is 2. The van der Waals surface area contributed by atoms with Gasteiger partial charge in [-0.05, 0) is 18.2 Å². The molecule has 0 saturated heterocycles. The molecule has 4 N–H and O–H groups in total. The number of hydrogen-bond acceptors (Lipinski definition) is 4. The van der Waals surface area contributed by atoms with E-state index in [0.717, 1.165) is 0 Å². The number of amides is 2. The van der Waals surface area contributed by atoms with E-state index in [2.05, 4.69) is 10.6 Å². The molecule has 1 atom stereocenters. The molecule has 21 heavy (non-hydrogen) atoms. The molecular weight excluding hydrogens is 280 g/mol. The van der Waals surface area contributed by atoms with E-state index < -0.39 is 30.3 Å². The molecule has 8 nitrogen and oxygen atoms in total. The predicted molar refractivity (Wildman–Crippen MR) is 71.9 cm³/mol. The van der Waals surface area contributed by atoms with Gasteiger partial charge in [-0.15, -0.1) is 0 Å². The van der Waals surface area contributed by atoms with Gasteiger partial charge in [0.1, 0.15) is 6.04 Å². The zero-order valence-corrected chi connectivity index (χ0v) is 11.1. The van der Waals surface area contributed by atoms with E-state index in [1.165, 1.54) is 25.1 Å². The highest BCUT2D eigenvalue weighted by Crippen LogP contribution is 2.11. The third-order valence-electron chi connectivity index (χ3n) is 2.43. The Kier molecular flexibility index (Phi) is 5.41. The first kappa shape index (κ1) is 16.2. The number of carboxylic acids is 2. The number of anilines is 1. The van der Waals surface area contributed by atoms with Gasteiger partial charge < -0.3 is 20.8 Å². The molecule has 1 aromatic rings. The van der Waals surface area contributed by atoms with E-state index in [1.54, 1.807) is 6.07 Å². The predicted octanol–water partition coefficient (Wildman–Crippen LogP) is 0.303. The van der Waals surface area contributed by atoms with E-state index in [9.17, 15) is 19.2 Å². The van der Waals surface area contributed by atoms with Gasteiger partial charge in [0.25, 0.3) is 5.91 Å². The molecule has 0 heterocycles. The minimum atomic E-state index is -1.53. The SMILES string of the molecule is CC(=O)Nc1cccc(C(=O)N[C@@H](CC(=O)O)C(=O)O)c1. The number of hydrogen-bond donors (Lipinski definition) is 4. The van der Waals surface area contributed by atoms with Crippen LogP contribution in [0.5, 0.6) is 0 Å². The lowest BCUT2D eigenvalue weighted by atomic mass is 10.1. The third-order valence-corrected chi connectivity index (χ3v) is 2.43. The lowest BCUT2D eigenvalue weighted by Gasteiger charge is -2.13. The second-order valence-electron chi connectivity index (χ2n) is 4.22. The zero-order valence-electron chi connectivity index (χ0n) is 11.1. The highest BCUT2D eigenvalue weighted by molar-refractivity contribution is 5.99. The fourth-order valence-electron chi connectivity index (χ4n) is 1.56. The molecule has 0 aromatic heterocycles. The Hall–Kier alpha value is -2.90. The summed E-state index contributed by atoms with van der Waals surface area (Å²) in [4.78, 5) is 44.3. The van der Waals surface area contributed by atoms with Crippen molar-refractivity contribution < 1.29 is 29.4 Å². The molecule has 0 aliphatic carbocycles. The second-order valence-corrected chi connectivity index (χ2v) is 4.22. The van der Waals surface area contributed by atoms with Gasteiger partial charge in [-0.3, -0.25) is 14.4 Å². The largest absolute Gasteiger partial charge is 0.481 e. The molecule has 0 spiro atoms. The van der Waals surface area contributed by atoms with Crippen molar-refractivity contribution in [2.24, 2.45) is 0 Å². The molecule has 0 radical (unpaired) electrons. The molecule has 112 valence electrons. The average Bonchev–Trinajstić information content (AvgIpc) is 2.36. The Morgan fingerprint density at radius 3 is 2.38 bits per heavy atom. The standard InChI is InChI=1S/C13H14N2O6/c1-7(16)14-9-4-2-3-8(5-9)12(19)15-10(13(20)21)6-11(17)18/h2-5,10H,6H2,1H3,(H,14,16)(H,15,19)(H,17,18)(H,20,21)/t10-/m0/s1. The normalized spacial score (nSPS) is 11.3. The maximum Gasteiger partial charge on any atom is 0.326 e. The van der Waals surface area contributed by atoms with Crippen LogP contribution in [-0.2, 0) is 14.4 Å². The summed E-state index contributed by atoms with van der Waals surface area (Å²) in [5.74, 6) is -3.84. The van der Waals surface area contributed by atoms with Crippen LogP contribution in [0.1, 0.15) is 23.7 Å². The molecule has 1 aromatic carbocycles. The molecule has 2 amide bonds. The Morgan fingerprint density at radius 1 is 1.19 bits per heavy atom. The molecule has 0 aliphatic heterocycles. The smallest absolute Gasteiger partial charge is 0.326 e. The fraction of sp³-hybridized carbons (Fsp3) is 0.231. The van der Waals surface area contributed by atoms with Crippen LogP contribution in [0.2, 0.25) is 0 Å². The Labute approximate surface area is 119 Å². The maximum atomic E-state index is 11.9. The van der Waals surface area contributed by atoms with Crippen molar-refractivity contribution in [3.05, 3.63) is 29.8 Å². The fourth-order valence-corrected chi connectivity index (χ4v) is 1.56. The van der Waals surface area contributed by atoms with Crippen molar-refractivity contribution in [1.82, 2.24) is 5.32 Å². The minimum absolute atomic E-state index is 0.109. The maximum absolute atomic E-state index is 11.9. The summed E-state index contributed by atoms with van der Waals surface area (Å²) in [6, 6.07) is 4.31. The van der Waals surface area contributed by atoms with Crippen LogP contribution in [-0.4, -0.2) is 40.0 Å². The van der Waals surface area contributed by atoms with Gasteiger partial charge >= 0.3 is 11.9 Å². The quantitative estimate of drug-likeness (QED) is 0.596. The molecule has 0 aliphatic rings. The molecule has 0 saturated carbocycles. The average molecular weight is 294 g/mol. The molecule has 1 rings (SSSR count). The van der Waals surface area contributed by atoms with Crippen LogP contribution in [0.15, 0.2) is 24.3 Å². The molecule has 8 heteroatoms.